The average molecular weight is 260 g/mol. The van der Waals surface area contributed by atoms with Crippen LogP contribution in [0.3, 0.4) is 0 Å². The van der Waals surface area contributed by atoms with Crippen LogP contribution in [-0.4, -0.2) is 11.2 Å². The van der Waals surface area contributed by atoms with Gasteiger partial charge in [0, 0.05) is 0 Å². The van der Waals surface area contributed by atoms with E-state index in [2.05, 4.69) is 0 Å². The molecule has 0 amide bonds. The van der Waals surface area contributed by atoms with Crippen LogP contribution >= 0.6 is 0 Å². The minimum absolute atomic E-state index is 0.220. The Bertz CT molecular complexity index is 354. The van der Waals surface area contributed by atoms with Crippen LogP contribution in [0.5, 0.6) is 0 Å². The summed E-state index contributed by atoms with van der Waals surface area (Å²) in [6.07, 6.45) is -2.45. The van der Waals surface area contributed by atoms with Gasteiger partial charge in [-0.15, -0.1) is 0 Å². The summed E-state index contributed by atoms with van der Waals surface area (Å²) in [4.78, 5) is 0. The Morgan fingerprint density at radius 2 is 1.67 bits per heavy atom. The first-order chi connectivity index (χ1) is 8.30. The van der Waals surface area contributed by atoms with Gasteiger partial charge in [0.25, 0.3) is 0 Å². The zero-order valence-electron chi connectivity index (χ0n) is 10.7. The Kier molecular flexibility index (Phi) is 5.20. The van der Waals surface area contributed by atoms with E-state index in [1.807, 2.05) is 13.8 Å². The van der Waals surface area contributed by atoms with Crippen LogP contribution < -0.4 is 0 Å². The molecule has 4 heteroatoms. The highest BCUT2D eigenvalue weighted by molar-refractivity contribution is 5.24. The van der Waals surface area contributed by atoms with Crippen molar-refractivity contribution < 1.29 is 18.3 Å². The van der Waals surface area contributed by atoms with Crippen LogP contribution in [0.2, 0.25) is 0 Å². The molecule has 0 aromatic heterocycles. The van der Waals surface area contributed by atoms with Crippen molar-refractivity contribution in [1.29, 1.82) is 0 Å². The van der Waals surface area contributed by atoms with Crippen molar-refractivity contribution in [2.45, 2.75) is 45.4 Å². The number of hydrogen-bond acceptors (Lipinski definition) is 1. The van der Waals surface area contributed by atoms with Crippen molar-refractivity contribution in [3.8, 4) is 0 Å². The molecule has 1 nitrogen and oxygen atoms in total. The van der Waals surface area contributed by atoms with Gasteiger partial charge in [-0.1, -0.05) is 26.0 Å². The maximum Gasteiger partial charge on any atom is 0.416 e. The molecule has 1 aromatic carbocycles. The molecular weight excluding hydrogens is 241 g/mol. The Morgan fingerprint density at radius 1 is 1.11 bits per heavy atom. The Morgan fingerprint density at radius 3 is 2.11 bits per heavy atom. The van der Waals surface area contributed by atoms with Gasteiger partial charge in [0.05, 0.1) is 11.7 Å². The second kappa shape index (κ2) is 6.23. The van der Waals surface area contributed by atoms with Gasteiger partial charge in [-0.3, -0.25) is 0 Å². The van der Waals surface area contributed by atoms with Gasteiger partial charge in [0.2, 0.25) is 0 Å². The number of rotatable bonds is 5. The molecular formula is C14H19F3O. The van der Waals surface area contributed by atoms with Crippen LogP contribution in [0.4, 0.5) is 13.2 Å². The summed E-state index contributed by atoms with van der Waals surface area (Å²) in [5, 5.41) is 9.61. The molecule has 0 saturated carbocycles. The molecule has 1 atom stereocenters. The first kappa shape index (κ1) is 15.0. The van der Waals surface area contributed by atoms with Gasteiger partial charge in [0.1, 0.15) is 0 Å². The van der Waals surface area contributed by atoms with Crippen molar-refractivity contribution in [3.63, 3.8) is 0 Å². The molecule has 0 radical (unpaired) electrons. The van der Waals surface area contributed by atoms with Crippen LogP contribution in [0, 0.1) is 5.92 Å². The lowest BCUT2D eigenvalue weighted by Gasteiger charge is -2.14. The number of hydrogen-bond donors (Lipinski definition) is 1. The number of alkyl halides is 3. The van der Waals surface area contributed by atoms with E-state index in [0.717, 1.165) is 24.1 Å². The molecule has 0 bridgehead atoms. The summed E-state index contributed by atoms with van der Waals surface area (Å²) in [5.74, 6) is 0.220. The minimum atomic E-state index is -4.27. The molecule has 1 N–H and O–H groups in total. The summed E-state index contributed by atoms with van der Waals surface area (Å²) in [7, 11) is 0. The lowest BCUT2D eigenvalue weighted by atomic mass is 9.99. The predicted molar refractivity (Wildman–Crippen MR) is 65.2 cm³/mol. The molecule has 102 valence electrons. The van der Waals surface area contributed by atoms with Gasteiger partial charge >= 0.3 is 6.18 Å². The molecule has 0 aliphatic carbocycles. The third kappa shape index (κ3) is 4.69. The number of halogens is 3. The average Bonchev–Trinajstić information content (AvgIpc) is 2.28. The maximum atomic E-state index is 12.3. The molecule has 18 heavy (non-hydrogen) atoms. The van der Waals surface area contributed by atoms with Crippen molar-refractivity contribution in [2.24, 2.45) is 5.92 Å². The highest BCUT2D eigenvalue weighted by Gasteiger charge is 2.29. The predicted octanol–water partition coefficient (Wildman–Crippen LogP) is 4.05. The lowest BCUT2D eigenvalue weighted by Crippen LogP contribution is -2.14. The normalized spacial score (nSPS) is 13.9. The quantitative estimate of drug-likeness (QED) is 0.847. The molecule has 1 rings (SSSR count). The van der Waals surface area contributed by atoms with Crippen LogP contribution in [-0.2, 0) is 12.6 Å². The Balaban J connectivity index is 2.45. The molecule has 0 aliphatic rings. The topological polar surface area (TPSA) is 20.2 Å². The number of aliphatic hydroxyl groups excluding tert-OH is 1. The minimum Gasteiger partial charge on any atom is -0.393 e. The lowest BCUT2D eigenvalue weighted by molar-refractivity contribution is -0.137. The van der Waals surface area contributed by atoms with Crippen molar-refractivity contribution >= 4 is 0 Å². The first-order valence-electron chi connectivity index (χ1n) is 6.15. The second-order valence-electron chi connectivity index (χ2n) is 4.90. The van der Waals surface area contributed by atoms with Crippen LogP contribution in [0.1, 0.15) is 37.8 Å². The fraction of sp³-hybridized carbons (Fsp3) is 0.571. The largest absolute Gasteiger partial charge is 0.416 e. The van der Waals surface area contributed by atoms with Crippen molar-refractivity contribution in [1.82, 2.24) is 0 Å². The van der Waals surface area contributed by atoms with Gasteiger partial charge in [-0.05, 0) is 42.9 Å². The van der Waals surface area contributed by atoms with E-state index in [9.17, 15) is 18.3 Å². The monoisotopic (exact) mass is 260 g/mol. The first-order valence-corrected chi connectivity index (χ1v) is 6.15. The SMILES string of the molecule is CC(C)C(O)CCCc1ccc(C(F)(F)F)cc1. The smallest absolute Gasteiger partial charge is 0.393 e. The summed E-state index contributed by atoms with van der Waals surface area (Å²) in [5.41, 5.74) is 0.257. The summed E-state index contributed by atoms with van der Waals surface area (Å²) >= 11 is 0. The van der Waals surface area contributed by atoms with E-state index >= 15 is 0 Å². The third-order valence-electron chi connectivity index (χ3n) is 3.02. The molecule has 1 aromatic rings. The highest BCUT2D eigenvalue weighted by atomic mass is 19.4. The maximum absolute atomic E-state index is 12.3. The van der Waals surface area contributed by atoms with Gasteiger partial charge in [-0.2, -0.15) is 13.2 Å². The van der Waals surface area contributed by atoms with Gasteiger partial charge in [0.15, 0.2) is 0 Å². The van der Waals surface area contributed by atoms with E-state index in [4.69, 9.17) is 0 Å². The van der Waals surface area contributed by atoms with Crippen LogP contribution in [0.25, 0.3) is 0 Å². The zero-order chi connectivity index (χ0) is 13.8. The van der Waals surface area contributed by atoms with Gasteiger partial charge in [-0.25, -0.2) is 0 Å². The third-order valence-corrected chi connectivity index (χ3v) is 3.02. The van der Waals surface area contributed by atoms with E-state index in [-0.39, 0.29) is 12.0 Å². The second-order valence-corrected chi connectivity index (χ2v) is 4.90. The zero-order valence-corrected chi connectivity index (χ0v) is 10.7. The van der Waals surface area contributed by atoms with E-state index in [1.54, 1.807) is 0 Å². The number of benzene rings is 1. The van der Waals surface area contributed by atoms with Crippen molar-refractivity contribution in [3.05, 3.63) is 35.4 Å². The molecule has 1 unspecified atom stereocenters. The van der Waals surface area contributed by atoms with E-state index < -0.39 is 11.7 Å². The standard InChI is InChI=1S/C14H19F3O/c1-10(2)13(18)5-3-4-11-6-8-12(9-7-11)14(15,16)17/h6-10,13,18H,3-5H2,1-2H3. The molecule has 0 heterocycles. The molecule has 0 saturated heterocycles. The Hall–Kier alpha value is -1.03. The summed E-state index contributed by atoms with van der Waals surface area (Å²) in [6, 6.07) is 5.22. The van der Waals surface area contributed by atoms with Crippen LogP contribution in [0.15, 0.2) is 24.3 Å². The molecule has 0 aliphatic heterocycles. The fourth-order valence-electron chi connectivity index (χ4n) is 1.71. The molecule has 0 spiro atoms. The molecule has 0 fully saturated rings. The van der Waals surface area contributed by atoms with Crippen molar-refractivity contribution in [2.75, 3.05) is 0 Å². The van der Waals surface area contributed by atoms with E-state index in [0.29, 0.717) is 12.8 Å². The summed E-state index contributed by atoms with van der Waals surface area (Å²) < 4.78 is 37.0. The highest BCUT2D eigenvalue weighted by Crippen LogP contribution is 2.29. The van der Waals surface area contributed by atoms with E-state index in [1.165, 1.54) is 12.1 Å². The fourth-order valence-corrected chi connectivity index (χ4v) is 1.71. The van der Waals surface area contributed by atoms with Gasteiger partial charge < -0.3 is 5.11 Å². The Labute approximate surface area is 106 Å². The summed E-state index contributed by atoms with van der Waals surface area (Å²) in [6.45, 7) is 3.89. The number of aryl methyl sites for hydroxylation is 1. The number of aliphatic hydroxyl groups is 1.